The molecule has 1 saturated heterocycles. The Morgan fingerprint density at radius 3 is 2.81 bits per heavy atom. The van der Waals surface area contributed by atoms with Crippen molar-refractivity contribution in [2.45, 2.75) is 26.5 Å². The van der Waals surface area contributed by atoms with Crippen LogP contribution in [0, 0.1) is 5.92 Å². The van der Waals surface area contributed by atoms with Gasteiger partial charge < -0.3 is 19.5 Å². The Balaban J connectivity index is 0.00000338. The maximum absolute atomic E-state index is 5.92. The van der Waals surface area contributed by atoms with Crippen molar-refractivity contribution in [3.63, 3.8) is 0 Å². The van der Waals surface area contributed by atoms with Crippen LogP contribution in [0.15, 0.2) is 21.7 Å². The molecule has 0 bridgehead atoms. The lowest BCUT2D eigenvalue weighted by Gasteiger charge is -2.34. The third kappa shape index (κ3) is 7.36. The molecule has 1 aromatic heterocycles. The highest BCUT2D eigenvalue weighted by Crippen LogP contribution is 2.15. The molecular formula is C18H33BrIN5O. The van der Waals surface area contributed by atoms with E-state index in [0.717, 1.165) is 49.8 Å². The molecule has 8 heteroatoms. The van der Waals surface area contributed by atoms with Gasteiger partial charge in [-0.15, -0.1) is 24.0 Å². The van der Waals surface area contributed by atoms with E-state index in [-0.39, 0.29) is 30.1 Å². The number of guanidine groups is 1. The van der Waals surface area contributed by atoms with E-state index in [1.165, 1.54) is 5.69 Å². The number of morpholine rings is 1. The van der Waals surface area contributed by atoms with Gasteiger partial charge in [0.15, 0.2) is 5.96 Å². The second-order valence-electron chi connectivity index (χ2n) is 7.19. The summed E-state index contributed by atoms with van der Waals surface area (Å²) in [5.41, 5.74) is 1.23. The Labute approximate surface area is 183 Å². The molecule has 1 aliphatic rings. The van der Waals surface area contributed by atoms with Gasteiger partial charge in [-0.05, 0) is 27.9 Å². The van der Waals surface area contributed by atoms with Gasteiger partial charge in [-0.3, -0.25) is 9.89 Å². The van der Waals surface area contributed by atoms with Crippen molar-refractivity contribution in [3.05, 3.63) is 22.4 Å². The summed E-state index contributed by atoms with van der Waals surface area (Å²) < 4.78 is 9.14. The number of hydrogen-bond acceptors (Lipinski definition) is 3. The number of hydrogen-bond donors (Lipinski definition) is 1. The van der Waals surface area contributed by atoms with Crippen molar-refractivity contribution in [3.8, 4) is 0 Å². The van der Waals surface area contributed by atoms with Crippen molar-refractivity contribution in [2.24, 2.45) is 18.0 Å². The first-order chi connectivity index (χ1) is 11.9. The number of aromatic nitrogens is 1. The summed E-state index contributed by atoms with van der Waals surface area (Å²) in [4.78, 5) is 9.04. The van der Waals surface area contributed by atoms with Gasteiger partial charge in [0.2, 0.25) is 0 Å². The maximum atomic E-state index is 5.92. The number of aliphatic imine (C=N–C) groups is 1. The largest absolute Gasteiger partial charge is 0.374 e. The Hall–Kier alpha value is -0.320. The van der Waals surface area contributed by atoms with Crippen LogP contribution in [0.1, 0.15) is 19.5 Å². The standard InChI is InChI=1S/C18H32BrN5O.HI/c1-14(2)10-24-6-7-25-17(13-24)9-21-18(20-3)23(5)12-16-8-15(19)11-22(16)4;/h8,11,14,17H,6-7,9-10,12-13H2,1-5H3,(H,20,21);1H. The van der Waals surface area contributed by atoms with Crippen LogP contribution in [0.4, 0.5) is 0 Å². The number of nitrogens with zero attached hydrogens (tertiary/aromatic N) is 4. The van der Waals surface area contributed by atoms with E-state index in [1.54, 1.807) is 0 Å². The fourth-order valence-corrected chi connectivity index (χ4v) is 3.79. The van der Waals surface area contributed by atoms with Crippen LogP contribution in [0.25, 0.3) is 0 Å². The molecule has 2 heterocycles. The lowest BCUT2D eigenvalue weighted by molar-refractivity contribution is -0.0286. The zero-order valence-electron chi connectivity index (χ0n) is 16.5. The van der Waals surface area contributed by atoms with Crippen molar-refractivity contribution < 1.29 is 4.74 Å². The molecule has 1 N–H and O–H groups in total. The molecule has 1 fully saturated rings. The SMILES string of the molecule is CN=C(NCC1CN(CC(C)C)CCO1)N(C)Cc1cc(Br)cn1C.I. The summed E-state index contributed by atoms with van der Waals surface area (Å²) in [5.74, 6) is 1.58. The number of halogens is 2. The molecule has 0 aromatic carbocycles. The number of aryl methyl sites for hydroxylation is 1. The van der Waals surface area contributed by atoms with E-state index in [9.17, 15) is 0 Å². The average molecular weight is 542 g/mol. The van der Waals surface area contributed by atoms with Gasteiger partial charge in [-0.1, -0.05) is 13.8 Å². The fraction of sp³-hybridized carbons (Fsp3) is 0.722. The average Bonchev–Trinajstić information content (AvgIpc) is 2.85. The molecule has 0 radical (unpaired) electrons. The first kappa shape index (κ1) is 23.7. The molecule has 26 heavy (non-hydrogen) atoms. The van der Waals surface area contributed by atoms with Gasteiger partial charge in [-0.25, -0.2) is 0 Å². The Morgan fingerprint density at radius 1 is 1.50 bits per heavy atom. The maximum Gasteiger partial charge on any atom is 0.193 e. The van der Waals surface area contributed by atoms with Crippen LogP contribution < -0.4 is 5.32 Å². The Morgan fingerprint density at radius 2 is 2.23 bits per heavy atom. The summed E-state index contributed by atoms with van der Waals surface area (Å²) in [5, 5.41) is 3.46. The molecule has 0 amide bonds. The van der Waals surface area contributed by atoms with Crippen LogP contribution in [0.3, 0.4) is 0 Å². The first-order valence-electron chi connectivity index (χ1n) is 8.95. The summed E-state index contributed by atoms with van der Waals surface area (Å²) in [6.07, 6.45) is 2.28. The second-order valence-corrected chi connectivity index (χ2v) is 8.11. The number of rotatable bonds is 6. The van der Waals surface area contributed by atoms with E-state index in [4.69, 9.17) is 4.74 Å². The minimum atomic E-state index is 0. The third-order valence-electron chi connectivity index (χ3n) is 4.38. The molecule has 0 saturated carbocycles. The van der Waals surface area contributed by atoms with E-state index in [2.05, 4.69) is 80.8 Å². The lowest BCUT2D eigenvalue weighted by atomic mass is 10.2. The molecule has 1 unspecified atom stereocenters. The molecule has 6 nitrogen and oxygen atoms in total. The smallest absolute Gasteiger partial charge is 0.193 e. The van der Waals surface area contributed by atoms with Gasteiger partial charge >= 0.3 is 0 Å². The van der Waals surface area contributed by atoms with Crippen molar-refractivity contribution in [2.75, 3.05) is 46.9 Å². The number of ether oxygens (including phenoxy) is 1. The van der Waals surface area contributed by atoms with Crippen molar-refractivity contribution in [1.82, 2.24) is 19.7 Å². The van der Waals surface area contributed by atoms with Gasteiger partial charge in [0.25, 0.3) is 0 Å². The zero-order valence-corrected chi connectivity index (χ0v) is 20.5. The summed E-state index contributed by atoms with van der Waals surface area (Å²) >= 11 is 3.53. The monoisotopic (exact) mass is 541 g/mol. The quantitative estimate of drug-likeness (QED) is 0.342. The van der Waals surface area contributed by atoms with E-state index in [0.29, 0.717) is 5.92 Å². The zero-order chi connectivity index (χ0) is 18.4. The highest BCUT2D eigenvalue weighted by Gasteiger charge is 2.21. The minimum Gasteiger partial charge on any atom is -0.374 e. The van der Waals surface area contributed by atoms with Crippen molar-refractivity contribution in [1.29, 1.82) is 0 Å². The predicted molar refractivity (Wildman–Crippen MR) is 122 cm³/mol. The summed E-state index contributed by atoms with van der Waals surface area (Å²) in [7, 11) is 5.94. The molecule has 1 atom stereocenters. The van der Waals surface area contributed by atoms with Gasteiger partial charge in [-0.2, -0.15) is 0 Å². The van der Waals surface area contributed by atoms with E-state index >= 15 is 0 Å². The Bertz CT molecular complexity index is 578. The van der Waals surface area contributed by atoms with Crippen molar-refractivity contribution >= 4 is 45.9 Å². The topological polar surface area (TPSA) is 45.0 Å². The molecule has 0 spiro atoms. The van der Waals surface area contributed by atoms with Crippen LogP contribution in [0.2, 0.25) is 0 Å². The molecule has 1 aliphatic heterocycles. The molecule has 2 rings (SSSR count). The lowest BCUT2D eigenvalue weighted by Crippen LogP contribution is -2.50. The van der Waals surface area contributed by atoms with E-state index in [1.807, 2.05) is 7.05 Å². The highest BCUT2D eigenvalue weighted by atomic mass is 127. The summed E-state index contributed by atoms with van der Waals surface area (Å²) in [6.45, 7) is 10.1. The normalized spacial score (nSPS) is 18.7. The molecule has 1 aromatic rings. The second kappa shape index (κ2) is 11.5. The molecule has 150 valence electrons. The first-order valence-corrected chi connectivity index (χ1v) is 9.74. The third-order valence-corrected chi connectivity index (χ3v) is 4.81. The van der Waals surface area contributed by atoms with Crippen LogP contribution in [-0.2, 0) is 18.3 Å². The Kier molecular flexibility index (Phi) is 10.5. The van der Waals surface area contributed by atoms with Gasteiger partial charge in [0.1, 0.15) is 0 Å². The van der Waals surface area contributed by atoms with Gasteiger partial charge in [0, 0.05) is 63.7 Å². The van der Waals surface area contributed by atoms with E-state index < -0.39 is 0 Å². The van der Waals surface area contributed by atoms with Crippen LogP contribution >= 0.6 is 39.9 Å². The predicted octanol–water partition coefficient (Wildman–Crippen LogP) is 2.77. The summed E-state index contributed by atoms with van der Waals surface area (Å²) in [6, 6.07) is 2.14. The highest BCUT2D eigenvalue weighted by molar-refractivity contribution is 14.0. The number of nitrogens with one attached hydrogen (secondary N) is 1. The van der Waals surface area contributed by atoms with Crippen LogP contribution in [-0.4, -0.2) is 73.3 Å². The molecule has 0 aliphatic carbocycles. The minimum absolute atomic E-state index is 0. The van der Waals surface area contributed by atoms with Crippen LogP contribution in [0.5, 0.6) is 0 Å². The fourth-order valence-electron chi connectivity index (χ4n) is 3.22. The molecular weight excluding hydrogens is 509 g/mol. The van der Waals surface area contributed by atoms with Gasteiger partial charge in [0.05, 0.1) is 19.3 Å².